The maximum atomic E-state index is 12.2. The van der Waals surface area contributed by atoms with Crippen LogP contribution in [0.15, 0.2) is 58.4 Å². The molecule has 0 fully saturated rings. The lowest BCUT2D eigenvalue weighted by molar-refractivity contribution is 0.593. The number of aliphatic imine (C=N–C) groups is 1. The maximum absolute atomic E-state index is 12.2. The predicted octanol–water partition coefficient (Wildman–Crippen LogP) is 3.40. The van der Waals surface area contributed by atoms with Gasteiger partial charge in [0.05, 0.1) is 10.6 Å². The van der Waals surface area contributed by atoms with Crippen molar-refractivity contribution in [1.29, 1.82) is 0 Å². The van der Waals surface area contributed by atoms with Gasteiger partial charge in [-0.2, -0.15) is 0 Å². The molecule has 0 radical (unpaired) electrons. The van der Waals surface area contributed by atoms with Crippen LogP contribution in [-0.2, 0) is 22.7 Å². The van der Waals surface area contributed by atoms with Gasteiger partial charge in [0.2, 0.25) is 0 Å². The highest BCUT2D eigenvalue weighted by atomic mass is 32.2. The van der Waals surface area contributed by atoms with Crippen LogP contribution >= 0.6 is 0 Å². The van der Waals surface area contributed by atoms with Crippen molar-refractivity contribution in [2.24, 2.45) is 10.7 Å². The summed E-state index contributed by atoms with van der Waals surface area (Å²) in [6, 6.07) is 14.7. The third-order valence-electron chi connectivity index (χ3n) is 4.21. The van der Waals surface area contributed by atoms with E-state index >= 15 is 0 Å². The molecule has 0 spiro atoms. The number of rotatable bonds is 8. The zero-order chi connectivity index (χ0) is 19.0. The van der Waals surface area contributed by atoms with Crippen molar-refractivity contribution < 1.29 is 8.42 Å². The highest BCUT2D eigenvalue weighted by Crippen LogP contribution is 2.22. The van der Waals surface area contributed by atoms with Crippen LogP contribution in [0.5, 0.6) is 0 Å². The van der Waals surface area contributed by atoms with Crippen molar-refractivity contribution >= 4 is 21.5 Å². The lowest BCUT2D eigenvalue weighted by Crippen LogP contribution is -2.24. The van der Waals surface area contributed by atoms with E-state index in [0.29, 0.717) is 23.8 Å². The third kappa shape index (κ3) is 5.33. The zero-order valence-corrected chi connectivity index (χ0v) is 16.2. The fourth-order valence-electron chi connectivity index (χ4n) is 2.77. The molecule has 0 saturated carbocycles. The molecule has 0 aliphatic carbocycles. The Morgan fingerprint density at radius 3 is 2.19 bits per heavy atom. The van der Waals surface area contributed by atoms with E-state index in [-0.39, 0.29) is 5.75 Å². The molecule has 0 aliphatic heterocycles. The molecular weight excluding hydrogens is 346 g/mol. The molecule has 0 atom stereocenters. The molecule has 140 valence electrons. The first-order chi connectivity index (χ1) is 12.5. The number of para-hydroxylation sites is 1. The van der Waals surface area contributed by atoms with Crippen molar-refractivity contribution in [2.45, 2.75) is 38.0 Å². The van der Waals surface area contributed by atoms with Crippen LogP contribution in [-0.4, -0.2) is 26.7 Å². The van der Waals surface area contributed by atoms with E-state index in [0.717, 1.165) is 18.5 Å². The Bertz CT molecular complexity index is 824. The maximum Gasteiger partial charge on any atom is 0.193 e. The van der Waals surface area contributed by atoms with Gasteiger partial charge in [-0.25, -0.2) is 8.42 Å². The Kier molecular flexibility index (Phi) is 7.21. The molecule has 26 heavy (non-hydrogen) atoms. The van der Waals surface area contributed by atoms with Gasteiger partial charge in [0.1, 0.15) is 0 Å². The van der Waals surface area contributed by atoms with Crippen LogP contribution in [0.25, 0.3) is 0 Å². The van der Waals surface area contributed by atoms with E-state index in [1.54, 1.807) is 30.3 Å². The summed E-state index contributed by atoms with van der Waals surface area (Å²) in [6.45, 7) is 4.56. The minimum atomic E-state index is -3.27. The fraction of sp³-hybridized carbons (Fsp3) is 0.350. The molecule has 0 bridgehead atoms. The highest BCUT2D eigenvalue weighted by Gasteiger charge is 2.13. The molecule has 0 aromatic heterocycles. The van der Waals surface area contributed by atoms with Gasteiger partial charge in [0.15, 0.2) is 15.8 Å². The second-order valence-electron chi connectivity index (χ2n) is 6.04. The van der Waals surface area contributed by atoms with Gasteiger partial charge in [0.25, 0.3) is 0 Å². The van der Waals surface area contributed by atoms with Gasteiger partial charge in [-0.1, -0.05) is 50.2 Å². The van der Waals surface area contributed by atoms with Crippen LogP contribution in [0.1, 0.15) is 31.4 Å². The SMILES string of the molecule is CCc1cccc(CC)c1NC(N)=NCCCS(=O)(=O)c1ccccc1. The van der Waals surface area contributed by atoms with Gasteiger partial charge < -0.3 is 11.1 Å². The normalized spacial score (nSPS) is 12.2. The molecule has 0 aliphatic rings. The van der Waals surface area contributed by atoms with E-state index in [2.05, 4.69) is 36.3 Å². The molecule has 0 amide bonds. The van der Waals surface area contributed by atoms with E-state index in [1.165, 1.54) is 11.1 Å². The van der Waals surface area contributed by atoms with Crippen LogP contribution in [0.3, 0.4) is 0 Å². The summed E-state index contributed by atoms with van der Waals surface area (Å²) in [5.41, 5.74) is 9.39. The Morgan fingerprint density at radius 2 is 1.62 bits per heavy atom. The number of sulfone groups is 1. The number of hydrogen-bond acceptors (Lipinski definition) is 3. The van der Waals surface area contributed by atoms with Crippen molar-refractivity contribution in [3.05, 3.63) is 59.7 Å². The molecule has 0 unspecified atom stereocenters. The Balaban J connectivity index is 1.96. The van der Waals surface area contributed by atoms with Crippen LogP contribution < -0.4 is 11.1 Å². The van der Waals surface area contributed by atoms with Gasteiger partial charge in [-0.15, -0.1) is 0 Å². The number of benzene rings is 2. The Hall–Kier alpha value is -2.34. The quantitative estimate of drug-likeness (QED) is 0.422. The number of nitrogens with zero attached hydrogens (tertiary/aromatic N) is 1. The second-order valence-corrected chi connectivity index (χ2v) is 8.14. The zero-order valence-electron chi connectivity index (χ0n) is 15.4. The first-order valence-corrected chi connectivity index (χ1v) is 10.6. The summed E-state index contributed by atoms with van der Waals surface area (Å²) in [5.74, 6) is 0.372. The number of aryl methyl sites for hydroxylation is 2. The molecule has 2 aromatic rings. The summed E-state index contributed by atoms with van der Waals surface area (Å²) in [4.78, 5) is 4.63. The smallest absolute Gasteiger partial charge is 0.193 e. The van der Waals surface area contributed by atoms with Crippen molar-refractivity contribution in [3.63, 3.8) is 0 Å². The first kappa shape index (κ1) is 20.0. The molecule has 0 saturated heterocycles. The minimum Gasteiger partial charge on any atom is -0.370 e. The van der Waals surface area contributed by atoms with Crippen molar-refractivity contribution in [1.82, 2.24) is 0 Å². The fourth-order valence-corrected chi connectivity index (χ4v) is 4.09. The summed E-state index contributed by atoms with van der Waals surface area (Å²) in [5, 5.41) is 3.19. The number of hydrogen-bond donors (Lipinski definition) is 2. The van der Waals surface area contributed by atoms with E-state index in [1.807, 2.05) is 6.07 Å². The monoisotopic (exact) mass is 373 g/mol. The highest BCUT2D eigenvalue weighted by molar-refractivity contribution is 7.91. The van der Waals surface area contributed by atoms with E-state index in [4.69, 9.17) is 5.73 Å². The Labute approximate surface area is 156 Å². The molecule has 5 nitrogen and oxygen atoms in total. The summed E-state index contributed by atoms with van der Waals surface area (Å²) in [7, 11) is -3.27. The molecule has 3 N–H and O–H groups in total. The van der Waals surface area contributed by atoms with E-state index in [9.17, 15) is 8.42 Å². The van der Waals surface area contributed by atoms with Gasteiger partial charge in [-0.3, -0.25) is 4.99 Å². The number of guanidine groups is 1. The average Bonchev–Trinajstić information content (AvgIpc) is 2.66. The Morgan fingerprint density at radius 1 is 1.00 bits per heavy atom. The number of nitrogens with two attached hydrogens (primary N) is 1. The van der Waals surface area contributed by atoms with Crippen LogP contribution in [0.4, 0.5) is 5.69 Å². The summed E-state index contributed by atoms with van der Waals surface area (Å²) >= 11 is 0. The predicted molar refractivity (Wildman–Crippen MR) is 108 cm³/mol. The third-order valence-corrected chi connectivity index (χ3v) is 6.02. The van der Waals surface area contributed by atoms with Crippen LogP contribution in [0.2, 0.25) is 0 Å². The minimum absolute atomic E-state index is 0.0551. The van der Waals surface area contributed by atoms with E-state index < -0.39 is 9.84 Å². The molecule has 6 heteroatoms. The molecule has 2 aromatic carbocycles. The summed E-state index contributed by atoms with van der Waals surface area (Å²) < 4.78 is 24.5. The summed E-state index contributed by atoms with van der Waals surface area (Å²) in [6.07, 6.45) is 2.23. The van der Waals surface area contributed by atoms with Gasteiger partial charge in [0, 0.05) is 12.2 Å². The van der Waals surface area contributed by atoms with Crippen LogP contribution in [0, 0.1) is 0 Å². The number of nitrogens with one attached hydrogen (secondary N) is 1. The van der Waals surface area contributed by atoms with Crippen molar-refractivity contribution in [3.8, 4) is 0 Å². The number of anilines is 1. The topological polar surface area (TPSA) is 84.5 Å². The van der Waals surface area contributed by atoms with Gasteiger partial charge in [-0.05, 0) is 42.5 Å². The average molecular weight is 374 g/mol. The lowest BCUT2D eigenvalue weighted by Gasteiger charge is -2.14. The van der Waals surface area contributed by atoms with Gasteiger partial charge >= 0.3 is 0 Å². The molecular formula is C20H27N3O2S. The standard InChI is InChI=1S/C20H27N3O2S/c1-3-16-10-8-11-17(4-2)19(16)23-20(21)22-14-9-15-26(24,25)18-12-6-5-7-13-18/h5-8,10-13H,3-4,9,14-15H2,1-2H3,(H3,21,22,23). The molecule has 0 heterocycles. The van der Waals surface area contributed by atoms with Crippen molar-refractivity contribution in [2.75, 3.05) is 17.6 Å². The largest absolute Gasteiger partial charge is 0.370 e. The lowest BCUT2D eigenvalue weighted by atomic mass is 10.0. The first-order valence-electron chi connectivity index (χ1n) is 8.93. The molecule has 2 rings (SSSR count). The second kappa shape index (κ2) is 9.38.